The number of hydrogen-bond acceptors (Lipinski definition) is 2. The first kappa shape index (κ1) is 14.5. The van der Waals surface area contributed by atoms with Gasteiger partial charge in [0.05, 0.1) is 12.6 Å². The lowest BCUT2D eigenvalue weighted by Crippen LogP contribution is -2.25. The Kier molecular flexibility index (Phi) is 6.56. The summed E-state index contributed by atoms with van der Waals surface area (Å²) < 4.78 is 5.62. The van der Waals surface area contributed by atoms with Gasteiger partial charge < -0.3 is 10.1 Å². The van der Waals surface area contributed by atoms with Gasteiger partial charge in [-0.25, -0.2) is 0 Å². The molecule has 17 heavy (non-hydrogen) atoms. The molecule has 2 nitrogen and oxygen atoms in total. The van der Waals surface area contributed by atoms with Gasteiger partial charge in [-0.05, 0) is 37.1 Å². The second kappa shape index (κ2) is 7.70. The Bertz CT molecular complexity index is 341. The van der Waals surface area contributed by atoms with Crippen LogP contribution < -0.4 is 5.32 Å². The molecule has 0 bridgehead atoms. The molecule has 0 amide bonds. The normalized spacial score (nSPS) is 12.7. The molecule has 0 aliphatic rings. The number of likely N-dealkylation sites (N-methyl/N-ethyl adjacent to an activating group) is 1. The fourth-order valence-electron chi connectivity index (χ4n) is 1.69. The fraction of sp³-hybridized carbons (Fsp3) is 0.571. The van der Waals surface area contributed by atoms with Gasteiger partial charge in [0, 0.05) is 11.6 Å². The van der Waals surface area contributed by atoms with Crippen molar-refractivity contribution in [3.05, 3.63) is 34.3 Å². The smallest absolute Gasteiger partial charge is 0.0661 e. The summed E-state index contributed by atoms with van der Waals surface area (Å²) in [6.07, 6.45) is 1.05. The first-order chi connectivity index (χ1) is 8.19. The predicted molar refractivity (Wildman–Crippen MR) is 73.7 cm³/mol. The zero-order chi connectivity index (χ0) is 12.7. The van der Waals surface area contributed by atoms with Crippen LogP contribution in [0.5, 0.6) is 0 Å². The summed E-state index contributed by atoms with van der Waals surface area (Å²) >= 11 is 6.15. The van der Waals surface area contributed by atoms with E-state index in [0.29, 0.717) is 6.61 Å². The number of hydrogen-bond donors (Lipinski definition) is 1. The monoisotopic (exact) mass is 255 g/mol. The number of halogens is 1. The Morgan fingerprint density at radius 1 is 1.35 bits per heavy atom. The maximum absolute atomic E-state index is 6.15. The summed E-state index contributed by atoms with van der Waals surface area (Å²) in [5.74, 6) is 0. The van der Waals surface area contributed by atoms with Crippen molar-refractivity contribution in [2.24, 2.45) is 0 Å². The van der Waals surface area contributed by atoms with E-state index in [9.17, 15) is 0 Å². The van der Waals surface area contributed by atoms with Crippen LogP contribution in [0, 0.1) is 6.92 Å². The van der Waals surface area contributed by atoms with E-state index < -0.39 is 0 Å². The molecule has 1 atom stereocenters. The third kappa shape index (κ3) is 4.66. The average Bonchev–Trinajstić information content (AvgIpc) is 2.32. The van der Waals surface area contributed by atoms with E-state index in [4.69, 9.17) is 16.3 Å². The van der Waals surface area contributed by atoms with Gasteiger partial charge in [-0.1, -0.05) is 37.6 Å². The van der Waals surface area contributed by atoms with Crippen molar-refractivity contribution < 1.29 is 4.74 Å². The second-order valence-corrected chi connectivity index (χ2v) is 4.60. The summed E-state index contributed by atoms with van der Waals surface area (Å²) in [7, 11) is 0. The third-order valence-corrected chi connectivity index (χ3v) is 3.09. The zero-order valence-electron chi connectivity index (χ0n) is 10.9. The molecule has 0 aromatic heterocycles. The topological polar surface area (TPSA) is 21.3 Å². The lowest BCUT2D eigenvalue weighted by Gasteiger charge is -2.19. The Hall–Kier alpha value is -0.570. The SMILES string of the molecule is CCCOCC(NCC)c1ccc(C)c(Cl)c1. The van der Waals surface area contributed by atoms with Crippen LogP contribution >= 0.6 is 11.6 Å². The Morgan fingerprint density at radius 3 is 2.71 bits per heavy atom. The van der Waals surface area contributed by atoms with E-state index in [0.717, 1.165) is 30.2 Å². The van der Waals surface area contributed by atoms with Crippen molar-refractivity contribution in [1.29, 1.82) is 0 Å². The number of nitrogens with one attached hydrogen (secondary N) is 1. The first-order valence-corrected chi connectivity index (χ1v) is 6.64. The summed E-state index contributed by atoms with van der Waals surface area (Å²) in [6, 6.07) is 6.43. The number of ether oxygens (including phenoxy) is 1. The summed E-state index contributed by atoms with van der Waals surface area (Å²) in [5.41, 5.74) is 2.30. The van der Waals surface area contributed by atoms with Crippen LogP contribution in [0.2, 0.25) is 5.02 Å². The van der Waals surface area contributed by atoms with Crippen molar-refractivity contribution >= 4 is 11.6 Å². The molecule has 0 saturated heterocycles. The Labute approximate surface area is 109 Å². The molecule has 0 aliphatic carbocycles. The van der Waals surface area contributed by atoms with Gasteiger partial charge in [0.15, 0.2) is 0 Å². The van der Waals surface area contributed by atoms with Crippen LogP contribution in [0.4, 0.5) is 0 Å². The molecule has 0 saturated carbocycles. The van der Waals surface area contributed by atoms with E-state index >= 15 is 0 Å². The molecule has 0 radical (unpaired) electrons. The van der Waals surface area contributed by atoms with E-state index in [-0.39, 0.29) is 6.04 Å². The maximum atomic E-state index is 6.15. The quantitative estimate of drug-likeness (QED) is 0.750. The molecule has 0 spiro atoms. The fourth-order valence-corrected chi connectivity index (χ4v) is 1.88. The van der Waals surface area contributed by atoms with E-state index in [2.05, 4.69) is 31.3 Å². The molecule has 0 aliphatic heterocycles. The van der Waals surface area contributed by atoms with Crippen LogP contribution in [0.1, 0.15) is 37.4 Å². The highest BCUT2D eigenvalue weighted by molar-refractivity contribution is 6.31. The molecule has 96 valence electrons. The van der Waals surface area contributed by atoms with Crippen molar-refractivity contribution in [3.8, 4) is 0 Å². The molecule has 1 aromatic carbocycles. The lowest BCUT2D eigenvalue weighted by molar-refractivity contribution is 0.112. The summed E-state index contributed by atoms with van der Waals surface area (Å²) in [4.78, 5) is 0. The minimum absolute atomic E-state index is 0.227. The highest BCUT2D eigenvalue weighted by atomic mass is 35.5. The Balaban J connectivity index is 2.70. The number of aryl methyl sites for hydroxylation is 1. The van der Waals surface area contributed by atoms with Crippen molar-refractivity contribution in [1.82, 2.24) is 5.32 Å². The molecule has 0 fully saturated rings. The minimum Gasteiger partial charge on any atom is -0.379 e. The van der Waals surface area contributed by atoms with Crippen LogP contribution in [-0.2, 0) is 4.74 Å². The minimum atomic E-state index is 0.227. The molecular formula is C14H22ClNO. The van der Waals surface area contributed by atoms with E-state index in [1.54, 1.807) is 0 Å². The maximum Gasteiger partial charge on any atom is 0.0661 e. The van der Waals surface area contributed by atoms with Crippen LogP contribution in [-0.4, -0.2) is 19.8 Å². The van der Waals surface area contributed by atoms with Gasteiger partial charge >= 0.3 is 0 Å². The highest BCUT2D eigenvalue weighted by Gasteiger charge is 2.11. The molecule has 1 rings (SSSR count). The van der Waals surface area contributed by atoms with Gasteiger partial charge in [-0.3, -0.25) is 0 Å². The van der Waals surface area contributed by atoms with Gasteiger partial charge in [0.2, 0.25) is 0 Å². The average molecular weight is 256 g/mol. The van der Waals surface area contributed by atoms with Gasteiger partial charge in [0.25, 0.3) is 0 Å². The van der Waals surface area contributed by atoms with Crippen LogP contribution in [0.15, 0.2) is 18.2 Å². The van der Waals surface area contributed by atoms with Crippen LogP contribution in [0.25, 0.3) is 0 Å². The molecule has 0 heterocycles. The standard InChI is InChI=1S/C14H22ClNO/c1-4-8-17-10-14(16-5-2)12-7-6-11(3)13(15)9-12/h6-7,9,14,16H,4-5,8,10H2,1-3H3. The largest absolute Gasteiger partial charge is 0.379 e. The third-order valence-electron chi connectivity index (χ3n) is 2.68. The molecule has 1 unspecified atom stereocenters. The zero-order valence-corrected chi connectivity index (χ0v) is 11.7. The molecular weight excluding hydrogens is 234 g/mol. The Morgan fingerprint density at radius 2 is 2.12 bits per heavy atom. The van der Waals surface area contributed by atoms with Gasteiger partial charge in [-0.2, -0.15) is 0 Å². The van der Waals surface area contributed by atoms with Gasteiger partial charge in [-0.15, -0.1) is 0 Å². The summed E-state index contributed by atoms with van der Waals surface area (Å²) in [6.45, 7) is 8.66. The van der Waals surface area contributed by atoms with E-state index in [1.807, 2.05) is 13.0 Å². The van der Waals surface area contributed by atoms with Crippen molar-refractivity contribution in [3.63, 3.8) is 0 Å². The molecule has 3 heteroatoms. The highest BCUT2D eigenvalue weighted by Crippen LogP contribution is 2.21. The molecule has 1 N–H and O–H groups in total. The van der Waals surface area contributed by atoms with Crippen LogP contribution in [0.3, 0.4) is 0 Å². The second-order valence-electron chi connectivity index (χ2n) is 4.19. The number of benzene rings is 1. The number of rotatable bonds is 7. The first-order valence-electron chi connectivity index (χ1n) is 6.26. The van der Waals surface area contributed by atoms with Gasteiger partial charge in [0.1, 0.15) is 0 Å². The predicted octanol–water partition coefficient (Wildman–Crippen LogP) is 3.73. The van der Waals surface area contributed by atoms with Crippen molar-refractivity contribution in [2.45, 2.75) is 33.2 Å². The summed E-state index contributed by atoms with van der Waals surface area (Å²) in [5, 5.41) is 4.24. The lowest BCUT2D eigenvalue weighted by atomic mass is 10.1. The molecule has 1 aromatic rings. The van der Waals surface area contributed by atoms with E-state index in [1.165, 1.54) is 5.56 Å². The van der Waals surface area contributed by atoms with Crippen molar-refractivity contribution in [2.75, 3.05) is 19.8 Å².